The Morgan fingerprint density at radius 2 is 1.70 bits per heavy atom. The number of carbonyl (C=O) groups excluding carboxylic acids is 1. The summed E-state index contributed by atoms with van der Waals surface area (Å²) >= 11 is 13.6. The van der Waals surface area contributed by atoms with Gasteiger partial charge in [0, 0.05) is 38.3 Å². The Hall–Kier alpha value is -3.17. The number of rotatable bonds is 11. The van der Waals surface area contributed by atoms with Crippen molar-refractivity contribution in [3.63, 3.8) is 0 Å². The fourth-order valence-corrected chi connectivity index (χ4v) is 9.18. The van der Waals surface area contributed by atoms with Crippen LogP contribution >= 0.6 is 35.6 Å². The molecule has 0 radical (unpaired) electrons. The number of hydrogen-bond donors (Lipinski definition) is 2. The van der Waals surface area contributed by atoms with Crippen molar-refractivity contribution >= 4 is 78.8 Å². The average molecular weight is 803 g/mol. The molecular formula is C38H52ClN7O4S3. The molecule has 2 aliphatic heterocycles. The zero-order chi connectivity index (χ0) is 38.6. The van der Waals surface area contributed by atoms with Crippen LogP contribution < -0.4 is 15.4 Å². The van der Waals surface area contributed by atoms with Gasteiger partial charge in [0.1, 0.15) is 10.8 Å². The maximum Gasteiger partial charge on any atom is 0.282 e. The first-order chi connectivity index (χ1) is 25.0. The van der Waals surface area contributed by atoms with E-state index in [4.69, 9.17) is 28.6 Å². The van der Waals surface area contributed by atoms with Crippen LogP contribution in [0.3, 0.4) is 0 Å². The van der Waals surface area contributed by atoms with E-state index < -0.39 is 15.1 Å². The van der Waals surface area contributed by atoms with Crippen LogP contribution in [0.4, 0.5) is 27.9 Å². The number of benzene rings is 2. The second-order valence-corrected chi connectivity index (χ2v) is 18.9. The van der Waals surface area contributed by atoms with Crippen LogP contribution in [0.25, 0.3) is 0 Å². The minimum absolute atomic E-state index is 0.0861. The van der Waals surface area contributed by atoms with Gasteiger partial charge in [-0.1, -0.05) is 47.7 Å². The molecule has 2 N–H and O–H groups in total. The van der Waals surface area contributed by atoms with Crippen LogP contribution in [-0.2, 0) is 9.84 Å². The first-order valence-corrected chi connectivity index (χ1v) is 21.5. The summed E-state index contributed by atoms with van der Waals surface area (Å²) < 4.78 is 32.4. The normalized spacial score (nSPS) is 18.8. The molecule has 2 unspecified atom stereocenters. The third-order valence-electron chi connectivity index (χ3n) is 10.0. The van der Waals surface area contributed by atoms with Gasteiger partial charge < -0.3 is 25.2 Å². The quantitative estimate of drug-likeness (QED) is 0.182. The number of nitrogens with one attached hydrogen (secondary N) is 2. The standard InChI is InChI=1S/C38H52ClN7O4S3/c1-23(2)50-33-18-29(28-13-15-45(16-14-28)38(47)52-22-35(51)46-20-26(6)44(8)27(7)21-46)25(5)17-32(33)42-37-40-19-30(39)36(43-37)41-31-11-9-10-12-34(31)53(48,49)24(3)4/h9-12,17-19,23-24,26-28H,13-16,20-22H2,1-8H3,(H2,40,41,42,43). The number of halogens is 1. The second-order valence-electron chi connectivity index (χ2n) is 14.6. The fraction of sp³-hybridized carbons (Fsp3) is 0.526. The number of thiocarbonyl (C=S) groups is 1. The van der Waals surface area contributed by atoms with Gasteiger partial charge in [-0.3, -0.25) is 9.69 Å². The predicted octanol–water partition coefficient (Wildman–Crippen LogP) is 8.28. The largest absolute Gasteiger partial charge is 0.489 e. The Balaban J connectivity index is 1.26. The first-order valence-electron chi connectivity index (χ1n) is 18.2. The molecule has 2 aromatic carbocycles. The number of piperidine rings is 1. The third-order valence-corrected chi connectivity index (χ3v) is 14.0. The fourth-order valence-electron chi connectivity index (χ4n) is 6.71. The molecule has 0 saturated carbocycles. The van der Waals surface area contributed by atoms with Crippen molar-refractivity contribution < 1.29 is 17.9 Å². The second kappa shape index (κ2) is 17.5. The number of piperazine rings is 1. The highest BCUT2D eigenvalue weighted by molar-refractivity contribution is 8.14. The molecule has 0 bridgehead atoms. The Labute approximate surface area is 329 Å². The lowest BCUT2D eigenvalue weighted by Gasteiger charge is -2.43. The van der Waals surface area contributed by atoms with Crippen LogP contribution in [0.15, 0.2) is 47.5 Å². The summed E-state index contributed by atoms with van der Waals surface area (Å²) in [5, 5.41) is 6.14. The summed E-state index contributed by atoms with van der Waals surface area (Å²) in [4.78, 5) is 29.9. The van der Waals surface area contributed by atoms with Crippen molar-refractivity contribution in [2.45, 2.75) is 95.6 Å². The summed E-state index contributed by atoms with van der Waals surface area (Å²) in [6, 6.07) is 11.7. The number of aromatic nitrogens is 2. The first kappa shape index (κ1) is 41.0. The zero-order valence-corrected chi connectivity index (χ0v) is 35.1. The number of aryl methyl sites for hydroxylation is 1. The summed E-state index contributed by atoms with van der Waals surface area (Å²) in [5.74, 6) is 1.99. The van der Waals surface area contributed by atoms with Crippen LogP contribution in [0.2, 0.25) is 5.02 Å². The van der Waals surface area contributed by atoms with Gasteiger partial charge >= 0.3 is 0 Å². The van der Waals surface area contributed by atoms with E-state index in [1.54, 1.807) is 38.1 Å². The lowest BCUT2D eigenvalue weighted by atomic mass is 9.86. The van der Waals surface area contributed by atoms with Crippen molar-refractivity contribution in [3.05, 3.63) is 58.7 Å². The summed E-state index contributed by atoms with van der Waals surface area (Å²) in [7, 11) is -1.41. The van der Waals surface area contributed by atoms with E-state index in [-0.39, 0.29) is 38.9 Å². The number of likely N-dealkylation sites (tertiary alicyclic amines) is 1. The maximum atomic E-state index is 13.2. The number of likely N-dealkylation sites (N-methyl/N-ethyl adjacent to an activating group) is 1. The number of nitrogens with zero attached hydrogens (tertiary/aromatic N) is 5. The summed E-state index contributed by atoms with van der Waals surface area (Å²) in [5.41, 5.74) is 3.35. The SMILES string of the molecule is Cc1cc(Nc2ncc(Cl)c(Nc3ccccc3S(=O)(=O)C(C)C)n2)c(OC(C)C)cc1C1CCN(C(=O)SCC(=S)N2CC(C)N(C)C(C)C2)CC1. The molecule has 1 aromatic heterocycles. The van der Waals surface area contributed by atoms with Gasteiger partial charge in [-0.25, -0.2) is 13.4 Å². The topological polar surface area (TPSA) is 120 Å². The Morgan fingerprint density at radius 3 is 2.34 bits per heavy atom. The molecule has 2 atom stereocenters. The van der Waals surface area contributed by atoms with Crippen LogP contribution in [-0.4, -0.2) is 106 Å². The summed E-state index contributed by atoms with van der Waals surface area (Å²) in [6.45, 7) is 16.9. The minimum Gasteiger partial charge on any atom is -0.489 e. The highest BCUT2D eigenvalue weighted by Gasteiger charge is 2.30. The molecule has 3 heterocycles. The molecule has 2 saturated heterocycles. The highest BCUT2D eigenvalue weighted by atomic mass is 35.5. The van der Waals surface area contributed by atoms with Gasteiger partial charge in [0.15, 0.2) is 15.7 Å². The van der Waals surface area contributed by atoms with Crippen molar-refractivity contribution in [2.24, 2.45) is 0 Å². The number of thioether (sulfide) groups is 1. The van der Waals surface area contributed by atoms with Gasteiger partial charge in [-0.15, -0.1) is 0 Å². The molecule has 2 fully saturated rings. The lowest BCUT2D eigenvalue weighted by Crippen LogP contribution is -2.56. The third kappa shape index (κ3) is 9.93. The highest BCUT2D eigenvalue weighted by Crippen LogP contribution is 2.39. The Morgan fingerprint density at radius 1 is 1.04 bits per heavy atom. The number of hydrogen-bond acceptors (Lipinski definition) is 11. The number of sulfone groups is 1. The molecule has 15 heteroatoms. The van der Waals surface area contributed by atoms with Crippen molar-refractivity contribution in [1.29, 1.82) is 0 Å². The van der Waals surface area contributed by atoms with Gasteiger partial charge in [0.25, 0.3) is 5.24 Å². The molecule has 11 nitrogen and oxygen atoms in total. The molecule has 0 spiro atoms. The molecular weight excluding hydrogens is 750 g/mol. The number of anilines is 4. The molecule has 2 aliphatic rings. The number of para-hydroxylation sites is 1. The van der Waals surface area contributed by atoms with E-state index in [1.165, 1.54) is 23.5 Å². The lowest BCUT2D eigenvalue weighted by molar-refractivity contribution is 0.100. The van der Waals surface area contributed by atoms with E-state index in [2.05, 4.69) is 64.3 Å². The van der Waals surface area contributed by atoms with Crippen LogP contribution in [0.1, 0.15) is 71.4 Å². The monoisotopic (exact) mass is 801 g/mol. The van der Waals surface area contributed by atoms with E-state index >= 15 is 0 Å². The molecule has 53 heavy (non-hydrogen) atoms. The molecule has 0 aliphatic carbocycles. The van der Waals surface area contributed by atoms with Crippen LogP contribution in [0, 0.1) is 6.92 Å². The number of carbonyl (C=O) groups is 1. The van der Waals surface area contributed by atoms with Gasteiger partial charge in [-0.05, 0) is 110 Å². The Kier molecular flexibility index (Phi) is 13.6. The number of amides is 1. The maximum absolute atomic E-state index is 13.2. The van der Waals surface area contributed by atoms with E-state index in [1.807, 2.05) is 24.8 Å². The van der Waals surface area contributed by atoms with E-state index in [9.17, 15) is 13.2 Å². The van der Waals surface area contributed by atoms with Gasteiger partial charge in [0.2, 0.25) is 5.95 Å². The smallest absolute Gasteiger partial charge is 0.282 e. The predicted molar refractivity (Wildman–Crippen MR) is 222 cm³/mol. The van der Waals surface area contributed by atoms with E-state index in [0.29, 0.717) is 48.1 Å². The molecule has 5 rings (SSSR count). The van der Waals surface area contributed by atoms with Crippen LogP contribution in [0.5, 0.6) is 5.75 Å². The van der Waals surface area contributed by atoms with Gasteiger partial charge in [-0.2, -0.15) is 4.98 Å². The molecule has 288 valence electrons. The zero-order valence-electron chi connectivity index (χ0n) is 31.8. The van der Waals surface area contributed by atoms with Crippen molar-refractivity contribution in [3.8, 4) is 5.75 Å². The Bertz CT molecular complexity index is 1890. The molecule has 1 amide bonds. The molecule has 3 aromatic rings. The minimum atomic E-state index is -3.57. The summed E-state index contributed by atoms with van der Waals surface area (Å²) in [6.07, 6.45) is 3.08. The van der Waals surface area contributed by atoms with Crippen molar-refractivity contribution in [1.82, 2.24) is 24.7 Å². The average Bonchev–Trinajstić information content (AvgIpc) is 3.11. The van der Waals surface area contributed by atoms with E-state index in [0.717, 1.165) is 36.5 Å². The van der Waals surface area contributed by atoms with Gasteiger partial charge in [0.05, 0.1) is 44.6 Å². The number of ether oxygens (including phenoxy) is 1. The van der Waals surface area contributed by atoms with Crippen molar-refractivity contribution in [2.75, 3.05) is 49.6 Å².